The molecule has 6 nitrogen and oxygen atoms in total. The first kappa shape index (κ1) is 13.9. The molecule has 106 valence electrons. The van der Waals surface area contributed by atoms with E-state index >= 15 is 0 Å². The fraction of sp³-hybridized carbons (Fsp3) is 0.286. The lowest BCUT2D eigenvalue weighted by Crippen LogP contribution is -2.23. The zero-order valence-electron chi connectivity index (χ0n) is 11.4. The van der Waals surface area contributed by atoms with Gasteiger partial charge in [0.1, 0.15) is 5.75 Å². The molecule has 1 unspecified atom stereocenters. The maximum Gasteiger partial charge on any atom is 0.332 e. The summed E-state index contributed by atoms with van der Waals surface area (Å²) in [6.45, 7) is 2.60. The molecule has 0 spiro atoms. The van der Waals surface area contributed by atoms with Crippen LogP contribution in [-0.2, 0) is 11.3 Å². The first-order chi connectivity index (χ1) is 9.67. The standard InChI is InChI=1S/C14H17N3O3/c1-3-17-9-15-8-11(17)13(14(18)19)16-10-6-4-5-7-12(10)20-2/h4-9,13,16H,3H2,1-2H3,(H,18,19). The smallest absolute Gasteiger partial charge is 0.332 e. The molecule has 2 rings (SSSR count). The number of aliphatic carboxylic acids is 1. The van der Waals surface area contributed by atoms with Crippen molar-refractivity contribution in [3.8, 4) is 5.75 Å². The summed E-state index contributed by atoms with van der Waals surface area (Å²) in [6.07, 6.45) is 3.18. The van der Waals surface area contributed by atoms with Crippen molar-refractivity contribution >= 4 is 11.7 Å². The molecule has 0 radical (unpaired) electrons. The maximum absolute atomic E-state index is 11.5. The summed E-state index contributed by atoms with van der Waals surface area (Å²) >= 11 is 0. The summed E-state index contributed by atoms with van der Waals surface area (Å²) in [4.78, 5) is 15.5. The van der Waals surface area contributed by atoms with Crippen LogP contribution >= 0.6 is 0 Å². The van der Waals surface area contributed by atoms with E-state index in [9.17, 15) is 9.90 Å². The van der Waals surface area contributed by atoms with Crippen LogP contribution in [0, 0.1) is 0 Å². The SMILES string of the molecule is CCn1cncc1C(Nc1ccccc1OC)C(=O)O. The molecule has 2 N–H and O–H groups in total. The first-order valence-corrected chi connectivity index (χ1v) is 6.29. The molecular weight excluding hydrogens is 258 g/mol. The Bertz CT molecular complexity index is 595. The Labute approximate surface area is 117 Å². The Hall–Kier alpha value is -2.50. The van der Waals surface area contributed by atoms with Crippen molar-refractivity contribution in [2.45, 2.75) is 19.5 Å². The number of hydrogen-bond acceptors (Lipinski definition) is 4. The van der Waals surface area contributed by atoms with Crippen LogP contribution in [0.3, 0.4) is 0 Å². The van der Waals surface area contributed by atoms with Crippen LogP contribution in [0.25, 0.3) is 0 Å². The van der Waals surface area contributed by atoms with Gasteiger partial charge in [-0.1, -0.05) is 12.1 Å². The molecule has 0 aliphatic heterocycles. The lowest BCUT2D eigenvalue weighted by Gasteiger charge is -2.18. The van der Waals surface area contributed by atoms with Crippen molar-refractivity contribution in [2.24, 2.45) is 0 Å². The molecule has 0 saturated carbocycles. The molecule has 1 atom stereocenters. The van der Waals surface area contributed by atoms with E-state index in [1.807, 2.05) is 19.1 Å². The molecule has 1 aromatic carbocycles. The number of ether oxygens (including phenoxy) is 1. The minimum Gasteiger partial charge on any atom is -0.495 e. The molecule has 1 heterocycles. The quantitative estimate of drug-likeness (QED) is 0.844. The Morgan fingerprint density at radius 1 is 1.50 bits per heavy atom. The number of imidazole rings is 1. The third-order valence-electron chi connectivity index (χ3n) is 3.03. The summed E-state index contributed by atoms with van der Waals surface area (Å²) in [5, 5.41) is 12.4. The monoisotopic (exact) mass is 275 g/mol. The van der Waals surface area contributed by atoms with Gasteiger partial charge in [-0.25, -0.2) is 9.78 Å². The van der Waals surface area contributed by atoms with Crippen molar-refractivity contribution in [3.63, 3.8) is 0 Å². The molecule has 0 bridgehead atoms. The second-order valence-electron chi connectivity index (χ2n) is 4.22. The topological polar surface area (TPSA) is 76.4 Å². The van der Waals surface area contributed by atoms with E-state index in [-0.39, 0.29) is 0 Å². The van der Waals surface area contributed by atoms with Gasteiger partial charge < -0.3 is 19.7 Å². The van der Waals surface area contributed by atoms with Crippen LogP contribution in [0.4, 0.5) is 5.69 Å². The van der Waals surface area contributed by atoms with E-state index < -0.39 is 12.0 Å². The number of hydrogen-bond donors (Lipinski definition) is 2. The van der Waals surface area contributed by atoms with Crippen molar-refractivity contribution in [2.75, 3.05) is 12.4 Å². The lowest BCUT2D eigenvalue weighted by atomic mass is 10.2. The number of anilines is 1. The highest BCUT2D eigenvalue weighted by atomic mass is 16.5. The predicted molar refractivity (Wildman–Crippen MR) is 74.9 cm³/mol. The van der Waals surface area contributed by atoms with E-state index in [1.54, 1.807) is 36.3 Å². The zero-order valence-corrected chi connectivity index (χ0v) is 11.4. The molecule has 20 heavy (non-hydrogen) atoms. The summed E-state index contributed by atoms with van der Waals surface area (Å²) in [6, 6.07) is 6.32. The fourth-order valence-corrected chi connectivity index (χ4v) is 2.02. The molecule has 2 aromatic rings. The third-order valence-corrected chi connectivity index (χ3v) is 3.03. The van der Waals surface area contributed by atoms with Crippen LogP contribution in [0.2, 0.25) is 0 Å². The van der Waals surface area contributed by atoms with Gasteiger partial charge in [-0.05, 0) is 19.1 Å². The predicted octanol–water partition coefficient (Wildman–Crippen LogP) is 2.15. The van der Waals surface area contributed by atoms with Crippen LogP contribution < -0.4 is 10.1 Å². The second-order valence-corrected chi connectivity index (χ2v) is 4.22. The average molecular weight is 275 g/mol. The lowest BCUT2D eigenvalue weighted by molar-refractivity contribution is -0.138. The van der Waals surface area contributed by atoms with Crippen LogP contribution in [0.15, 0.2) is 36.8 Å². The molecule has 0 fully saturated rings. The van der Waals surface area contributed by atoms with Gasteiger partial charge in [-0.2, -0.15) is 0 Å². The van der Waals surface area contributed by atoms with Crippen LogP contribution in [-0.4, -0.2) is 27.7 Å². The maximum atomic E-state index is 11.5. The molecular formula is C14H17N3O3. The summed E-state index contributed by atoms with van der Waals surface area (Å²) in [5.41, 5.74) is 1.23. The minimum atomic E-state index is -0.967. The van der Waals surface area contributed by atoms with Gasteiger partial charge in [-0.3, -0.25) is 0 Å². The fourth-order valence-electron chi connectivity index (χ4n) is 2.02. The number of carboxylic acid groups (broad SMARTS) is 1. The van der Waals surface area contributed by atoms with Gasteiger partial charge in [0.15, 0.2) is 6.04 Å². The summed E-state index contributed by atoms with van der Waals surface area (Å²) in [7, 11) is 1.55. The molecule has 0 aliphatic rings. The Balaban J connectivity index is 2.33. The zero-order chi connectivity index (χ0) is 14.5. The van der Waals surface area contributed by atoms with Gasteiger partial charge in [0, 0.05) is 6.54 Å². The third kappa shape index (κ3) is 2.74. The first-order valence-electron chi connectivity index (χ1n) is 6.29. The van der Waals surface area contributed by atoms with Crippen molar-refractivity contribution in [1.29, 1.82) is 0 Å². The Kier molecular flexibility index (Phi) is 4.24. The normalized spacial score (nSPS) is 11.9. The van der Waals surface area contributed by atoms with Crippen molar-refractivity contribution in [3.05, 3.63) is 42.5 Å². The number of aryl methyl sites for hydroxylation is 1. The number of para-hydroxylation sites is 2. The van der Waals surface area contributed by atoms with E-state index in [2.05, 4.69) is 10.3 Å². The van der Waals surface area contributed by atoms with Gasteiger partial charge in [0.25, 0.3) is 0 Å². The highest BCUT2D eigenvalue weighted by Crippen LogP contribution is 2.28. The average Bonchev–Trinajstić information content (AvgIpc) is 2.92. The van der Waals surface area contributed by atoms with E-state index in [1.165, 1.54) is 0 Å². The van der Waals surface area contributed by atoms with Crippen molar-refractivity contribution < 1.29 is 14.6 Å². The van der Waals surface area contributed by atoms with E-state index in [0.29, 0.717) is 23.7 Å². The number of nitrogens with one attached hydrogen (secondary N) is 1. The number of benzene rings is 1. The number of methoxy groups -OCH3 is 1. The largest absolute Gasteiger partial charge is 0.495 e. The van der Waals surface area contributed by atoms with Gasteiger partial charge >= 0.3 is 5.97 Å². The van der Waals surface area contributed by atoms with Gasteiger partial charge in [0.2, 0.25) is 0 Å². The molecule has 0 saturated heterocycles. The van der Waals surface area contributed by atoms with Crippen LogP contribution in [0.5, 0.6) is 5.75 Å². The minimum absolute atomic E-state index is 0.598. The number of aromatic nitrogens is 2. The number of carbonyl (C=O) groups is 1. The van der Waals surface area contributed by atoms with Gasteiger partial charge in [0.05, 0.1) is 31.0 Å². The number of rotatable bonds is 6. The molecule has 0 amide bonds. The Morgan fingerprint density at radius 3 is 2.90 bits per heavy atom. The second kappa shape index (κ2) is 6.10. The van der Waals surface area contributed by atoms with Crippen LogP contribution in [0.1, 0.15) is 18.7 Å². The Morgan fingerprint density at radius 2 is 2.25 bits per heavy atom. The number of nitrogens with zero attached hydrogens (tertiary/aromatic N) is 2. The molecule has 0 aliphatic carbocycles. The molecule has 6 heteroatoms. The van der Waals surface area contributed by atoms with Gasteiger partial charge in [-0.15, -0.1) is 0 Å². The highest BCUT2D eigenvalue weighted by molar-refractivity contribution is 5.79. The summed E-state index contributed by atoms with van der Waals surface area (Å²) in [5.74, 6) is -0.368. The molecule has 1 aromatic heterocycles. The van der Waals surface area contributed by atoms with E-state index in [4.69, 9.17) is 4.74 Å². The highest BCUT2D eigenvalue weighted by Gasteiger charge is 2.24. The van der Waals surface area contributed by atoms with E-state index in [0.717, 1.165) is 0 Å². The van der Waals surface area contributed by atoms with Crippen molar-refractivity contribution in [1.82, 2.24) is 9.55 Å². The summed E-state index contributed by atoms with van der Waals surface area (Å²) < 4.78 is 7.01. The number of carboxylic acids is 1.